The van der Waals surface area contributed by atoms with Crippen LogP contribution in [-0.4, -0.2) is 44.1 Å². The summed E-state index contributed by atoms with van der Waals surface area (Å²) in [5.74, 6) is 1.72. The van der Waals surface area contributed by atoms with E-state index in [0.29, 0.717) is 30.6 Å². The Bertz CT molecular complexity index is 956. The lowest BCUT2D eigenvalue weighted by Crippen LogP contribution is -2.36. The minimum atomic E-state index is -0.830. The maximum absolute atomic E-state index is 11.1. The average molecular weight is 375 g/mol. The van der Waals surface area contributed by atoms with E-state index < -0.39 is 6.09 Å². The third-order valence-electron chi connectivity index (χ3n) is 4.99. The molecule has 3 aromatic rings. The Morgan fingerprint density at radius 2 is 1.89 bits per heavy atom. The lowest BCUT2D eigenvalue weighted by Gasteiger charge is -2.30. The zero-order chi connectivity index (χ0) is 19.3. The van der Waals surface area contributed by atoms with Crippen LogP contribution in [0.1, 0.15) is 24.3 Å². The summed E-state index contributed by atoms with van der Waals surface area (Å²) in [6, 6.07) is 14.2. The van der Waals surface area contributed by atoms with Crippen LogP contribution >= 0.6 is 0 Å². The Morgan fingerprint density at radius 1 is 1.07 bits per heavy atom. The fraction of sp³-hybridized carbons (Fsp3) is 0.238. The molecule has 0 unspecified atom stereocenters. The van der Waals surface area contributed by atoms with Gasteiger partial charge >= 0.3 is 6.09 Å². The van der Waals surface area contributed by atoms with Crippen LogP contribution in [0.15, 0.2) is 61.1 Å². The topological polar surface area (TPSA) is 91.2 Å². The molecule has 1 saturated heterocycles. The van der Waals surface area contributed by atoms with Gasteiger partial charge in [0.25, 0.3) is 0 Å². The highest BCUT2D eigenvalue weighted by Crippen LogP contribution is 2.31. The molecule has 0 radical (unpaired) electrons. The lowest BCUT2D eigenvalue weighted by atomic mass is 9.88. The molecule has 0 aliphatic carbocycles. The normalized spacial score (nSPS) is 14.6. The van der Waals surface area contributed by atoms with Gasteiger partial charge in [0.2, 0.25) is 0 Å². The highest BCUT2D eigenvalue weighted by atomic mass is 16.4. The summed E-state index contributed by atoms with van der Waals surface area (Å²) in [6.45, 7) is 1.17. The quantitative estimate of drug-likeness (QED) is 0.712. The van der Waals surface area contributed by atoms with E-state index >= 15 is 0 Å². The van der Waals surface area contributed by atoms with Gasteiger partial charge in [-0.3, -0.25) is 4.98 Å². The molecule has 0 saturated carbocycles. The van der Waals surface area contributed by atoms with Gasteiger partial charge in [-0.2, -0.15) is 0 Å². The summed E-state index contributed by atoms with van der Waals surface area (Å²) in [7, 11) is 0. The first-order valence-electron chi connectivity index (χ1n) is 9.27. The van der Waals surface area contributed by atoms with E-state index in [1.165, 1.54) is 10.5 Å². The van der Waals surface area contributed by atoms with Crippen LogP contribution in [0.5, 0.6) is 0 Å². The van der Waals surface area contributed by atoms with E-state index in [1.807, 2.05) is 30.3 Å². The Hall–Kier alpha value is -3.48. The van der Waals surface area contributed by atoms with E-state index in [-0.39, 0.29) is 0 Å². The van der Waals surface area contributed by atoms with Gasteiger partial charge in [-0.05, 0) is 42.5 Å². The largest absolute Gasteiger partial charge is 0.465 e. The first kappa shape index (κ1) is 17.9. The Labute approximate surface area is 163 Å². The maximum Gasteiger partial charge on any atom is 0.407 e. The second kappa shape index (κ2) is 8.04. The number of nitrogens with one attached hydrogen (secondary N) is 1. The fourth-order valence-electron chi connectivity index (χ4n) is 3.52. The molecule has 0 atom stereocenters. The monoisotopic (exact) mass is 375 g/mol. The molecule has 7 heteroatoms. The van der Waals surface area contributed by atoms with Gasteiger partial charge in [0, 0.05) is 31.0 Å². The molecule has 0 spiro atoms. The first-order valence-corrected chi connectivity index (χ1v) is 9.27. The van der Waals surface area contributed by atoms with Crippen LogP contribution in [-0.2, 0) is 0 Å². The number of amides is 1. The molecule has 2 aromatic heterocycles. The number of piperidine rings is 1. The van der Waals surface area contributed by atoms with Crippen molar-refractivity contribution >= 4 is 17.7 Å². The summed E-state index contributed by atoms with van der Waals surface area (Å²) in [5.41, 5.74) is 3.15. The van der Waals surface area contributed by atoms with Crippen molar-refractivity contribution < 1.29 is 9.90 Å². The summed E-state index contributed by atoms with van der Waals surface area (Å²) in [4.78, 5) is 25.5. The van der Waals surface area contributed by atoms with E-state index in [0.717, 1.165) is 24.1 Å². The van der Waals surface area contributed by atoms with Crippen molar-refractivity contribution in [1.29, 1.82) is 0 Å². The number of rotatable bonds is 4. The summed E-state index contributed by atoms with van der Waals surface area (Å²) in [6.07, 6.45) is 5.77. The molecule has 28 heavy (non-hydrogen) atoms. The Kier molecular flexibility index (Phi) is 5.14. The molecule has 3 heterocycles. The molecule has 7 nitrogen and oxygen atoms in total. The van der Waals surface area contributed by atoms with Crippen LogP contribution in [0.2, 0.25) is 0 Å². The van der Waals surface area contributed by atoms with Gasteiger partial charge < -0.3 is 15.3 Å². The number of hydrogen-bond acceptors (Lipinski definition) is 5. The highest BCUT2D eigenvalue weighted by Gasteiger charge is 2.23. The van der Waals surface area contributed by atoms with E-state index in [2.05, 4.69) is 27.4 Å². The molecule has 1 fully saturated rings. The SMILES string of the molecule is O=C(O)N1CCC(c2cccc(-c3cccc(Nc4cnccn4)n3)c2)CC1. The van der Waals surface area contributed by atoms with Gasteiger partial charge in [-0.15, -0.1) is 0 Å². The van der Waals surface area contributed by atoms with E-state index in [9.17, 15) is 4.79 Å². The summed E-state index contributed by atoms with van der Waals surface area (Å²) >= 11 is 0. The second-order valence-electron chi connectivity index (χ2n) is 6.79. The van der Waals surface area contributed by atoms with Crippen molar-refractivity contribution in [3.8, 4) is 11.3 Å². The van der Waals surface area contributed by atoms with Crippen molar-refractivity contribution in [2.45, 2.75) is 18.8 Å². The van der Waals surface area contributed by atoms with Crippen molar-refractivity contribution in [2.24, 2.45) is 0 Å². The summed E-state index contributed by atoms with van der Waals surface area (Å²) in [5, 5.41) is 12.3. The molecule has 1 aromatic carbocycles. The Morgan fingerprint density at radius 3 is 2.64 bits per heavy atom. The second-order valence-corrected chi connectivity index (χ2v) is 6.79. The van der Waals surface area contributed by atoms with Gasteiger partial charge in [0.15, 0.2) is 0 Å². The van der Waals surface area contributed by atoms with Crippen molar-refractivity contribution in [2.75, 3.05) is 18.4 Å². The third kappa shape index (κ3) is 4.09. The number of anilines is 2. The number of pyridine rings is 1. The molecule has 1 aliphatic heterocycles. The van der Waals surface area contributed by atoms with Crippen molar-refractivity contribution in [3.63, 3.8) is 0 Å². The van der Waals surface area contributed by atoms with Crippen LogP contribution < -0.4 is 5.32 Å². The minimum absolute atomic E-state index is 0.372. The zero-order valence-corrected chi connectivity index (χ0v) is 15.3. The number of nitrogens with zero attached hydrogens (tertiary/aromatic N) is 4. The maximum atomic E-state index is 11.1. The van der Waals surface area contributed by atoms with Crippen LogP contribution in [0.3, 0.4) is 0 Å². The average Bonchev–Trinajstić information content (AvgIpc) is 2.75. The predicted octanol–water partition coefficient (Wildman–Crippen LogP) is 4.14. The molecule has 2 N–H and O–H groups in total. The number of aromatic nitrogens is 3. The van der Waals surface area contributed by atoms with Gasteiger partial charge in [-0.1, -0.05) is 24.3 Å². The Balaban J connectivity index is 1.52. The smallest absolute Gasteiger partial charge is 0.407 e. The number of likely N-dealkylation sites (tertiary alicyclic amines) is 1. The van der Waals surface area contributed by atoms with E-state index in [1.54, 1.807) is 18.6 Å². The van der Waals surface area contributed by atoms with Crippen LogP contribution in [0, 0.1) is 0 Å². The molecular weight excluding hydrogens is 354 g/mol. The van der Waals surface area contributed by atoms with Gasteiger partial charge in [0.05, 0.1) is 11.9 Å². The summed E-state index contributed by atoms with van der Waals surface area (Å²) < 4.78 is 0. The lowest BCUT2D eigenvalue weighted by molar-refractivity contribution is 0.132. The zero-order valence-electron chi connectivity index (χ0n) is 15.3. The fourth-order valence-corrected chi connectivity index (χ4v) is 3.52. The minimum Gasteiger partial charge on any atom is -0.465 e. The number of carbonyl (C=O) groups is 1. The van der Waals surface area contributed by atoms with Crippen molar-refractivity contribution in [1.82, 2.24) is 19.9 Å². The van der Waals surface area contributed by atoms with Crippen molar-refractivity contribution in [3.05, 3.63) is 66.6 Å². The molecule has 4 rings (SSSR count). The first-order chi connectivity index (χ1) is 13.7. The van der Waals surface area contributed by atoms with Gasteiger partial charge in [0.1, 0.15) is 11.6 Å². The third-order valence-corrected chi connectivity index (χ3v) is 4.99. The van der Waals surface area contributed by atoms with E-state index in [4.69, 9.17) is 10.1 Å². The van der Waals surface area contributed by atoms with Crippen LogP contribution in [0.4, 0.5) is 16.4 Å². The highest BCUT2D eigenvalue weighted by molar-refractivity contribution is 5.65. The number of benzene rings is 1. The molecular formula is C21H21N5O2. The number of hydrogen-bond donors (Lipinski definition) is 2. The molecule has 1 aliphatic rings. The predicted molar refractivity (Wildman–Crippen MR) is 107 cm³/mol. The van der Waals surface area contributed by atoms with Gasteiger partial charge in [-0.25, -0.2) is 14.8 Å². The van der Waals surface area contributed by atoms with Crippen LogP contribution in [0.25, 0.3) is 11.3 Å². The molecule has 0 bridgehead atoms. The number of carboxylic acid groups (broad SMARTS) is 1. The standard InChI is InChI=1S/C21H21N5O2/c27-21(28)26-11-7-15(8-12-26)16-3-1-4-17(13-16)18-5-2-6-19(24-18)25-20-14-22-9-10-23-20/h1-6,9-10,13-15H,7-8,11-12H2,(H,27,28)(H,23,24,25). The molecule has 142 valence electrons. The molecule has 1 amide bonds.